The third kappa shape index (κ3) is 6.58. The summed E-state index contributed by atoms with van der Waals surface area (Å²) in [4.78, 5) is 5.15. The van der Waals surface area contributed by atoms with Crippen LogP contribution in [0.4, 0.5) is 34.1 Å². The largest absolute Gasteiger partial charge is 0.310 e. The van der Waals surface area contributed by atoms with Gasteiger partial charge in [-0.05, 0) is 278 Å². The highest BCUT2D eigenvalue weighted by Crippen LogP contribution is 2.72. The van der Waals surface area contributed by atoms with Crippen molar-refractivity contribution in [1.82, 2.24) is 0 Å². The zero-order chi connectivity index (χ0) is 56.2. The molecule has 9 aliphatic carbocycles. The Labute approximate surface area is 497 Å². The van der Waals surface area contributed by atoms with Crippen molar-refractivity contribution in [2.45, 2.75) is 127 Å². The van der Waals surface area contributed by atoms with E-state index in [-0.39, 0.29) is 21.7 Å². The molecule has 10 aromatic rings. The highest BCUT2D eigenvalue weighted by Gasteiger charge is 2.63. The maximum absolute atomic E-state index is 2.85. The molecule has 84 heavy (non-hydrogen) atoms. The number of aryl methyl sites for hydroxylation is 2. The summed E-state index contributed by atoms with van der Waals surface area (Å²) >= 11 is 0. The Morgan fingerprint density at radius 1 is 0.333 bits per heavy atom. The highest BCUT2D eigenvalue weighted by atomic mass is 15.1. The van der Waals surface area contributed by atoms with Gasteiger partial charge in [-0.1, -0.05) is 156 Å². The van der Waals surface area contributed by atoms with Crippen LogP contribution in [0.1, 0.15) is 148 Å². The first-order valence-electron chi connectivity index (χ1n) is 32.0. The second-order valence-corrected chi connectivity index (χ2v) is 28.5. The Balaban J connectivity index is 0.824. The average Bonchev–Trinajstić information content (AvgIpc) is 1.69. The van der Waals surface area contributed by atoms with Crippen molar-refractivity contribution in [2.75, 3.05) is 9.80 Å². The first-order valence-corrected chi connectivity index (χ1v) is 32.0. The summed E-state index contributed by atoms with van der Waals surface area (Å²) in [7, 11) is 0. The lowest BCUT2D eigenvalue weighted by Gasteiger charge is -2.61. The molecule has 412 valence electrons. The summed E-state index contributed by atoms with van der Waals surface area (Å²) in [6.45, 7) is 14.1. The van der Waals surface area contributed by atoms with Crippen LogP contribution in [0, 0.1) is 37.5 Å². The molecule has 0 unspecified atom stereocenters. The Morgan fingerprint density at radius 2 is 0.774 bits per heavy atom. The Bertz CT molecular complexity index is 4450. The number of nitrogens with zero attached hydrogens (tertiary/aromatic N) is 2. The van der Waals surface area contributed by atoms with Gasteiger partial charge in [-0.25, -0.2) is 0 Å². The van der Waals surface area contributed by atoms with E-state index in [0.29, 0.717) is 11.8 Å². The van der Waals surface area contributed by atoms with E-state index in [1.54, 1.807) is 27.8 Å². The van der Waals surface area contributed by atoms with Gasteiger partial charge in [0.05, 0.1) is 0 Å². The van der Waals surface area contributed by atoms with E-state index < -0.39 is 0 Å². The first-order chi connectivity index (χ1) is 40.9. The van der Waals surface area contributed by atoms with Crippen LogP contribution >= 0.6 is 0 Å². The van der Waals surface area contributed by atoms with Crippen molar-refractivity contribution >= 4 is 44.9 Å². The van der Waals surface area contributed by atoms with Gasteiger partial charge in [0.15, 0.2) is 0 Å². The molecule has 4 bridgehead atoms. The molecule has 0 aliphatic heterocycles. The minimum Gasteiger partial charge on any atom is -0.310 e. The molecule has 0 aromatic heterocycles. The van der Waals surface area contributed by atoms with Crippen molar-refractivity contribution in [2.24, 2.45) is 23.7 Å². The molecule has 0 amide bonds. The van der Waals surface area contributed by atoms with Crippen molar-refractivity contribution in [3.05, 3.63) is 250 Å². The standard InChI is InChI=1S/C82H74N2/c1-49-16-14-18-56(36-49)83(59-28-32-73-67(44-59)62-20-8-10-22-71(62)79(73,3)4)58-26-24-53-25-30-65-70-47-76-69(48-77(70)82(78(65)66(53)43-58)54-39-51-38-52(41-54)42-55(82)40-51)64-31-27-61(46-75(64)81(76)34-12-7-13-35-81)84(57-19-15-17-50(2)37-57)60-29-33-74-68(45-60)63-21-9-11-23-72(63)80(74,5)6/h8-11,14-33,36-37,43-48,51-52,54-55H,7,12-13,34-35,38-42H2,1-6H3. The molecule has 9 aliphatic rings. The number of hydrogen-bond acceptors (Lipinski definition) is 2. The van der Waals surface area contributed by atoms with Gasteiger partial charge in [-0.3, -0.25) is 0 Å². The van der Waals surface area contributed by atoms with Crippen LogP contribution in [0.5, 0.6) is 0 Å². The number of anilines is 6. The minimum atomic E-state index is -0.0519. The fraction of sp³-hybridized carbons (Fsp3) is 0.293. The topological polar surface area (TPSA) is 6.48 Å². The summed E-state index contributed by atoms with van der Waals surface area (Å²) in [5.74, 6) is 2.97. The Kier molecular flexibility index (Phi) is 10.2. The van der Waals surface area contributed by atoms with Crippen LogP contribution in [0.2, 0.25) is 0 Å². The van der Waals surface area contributed by atoms with E-state index >= 15 is 0 Å². The fourth-order valence-corrected chi connectivity index (χ4v) is 20.1. The predicted molar refractivity (Wildman–Crippen MR) is 350 cm³/mol. The lowest BCUT2D eigenvalue weighted by Crippen LogP contribution is -2.55. The molecule has 19 rings (SSSR count). The van der Waals surface area contributed by atoms with E-state index in [9.17, 15) is 0 Å². The maximum atomic E-state index is 2.85. The second-order valence-electron chi connectivity index (χ2n) is 28.5. The van der Waals surface area contributed by atoms with E-state index in [1.165, 1.54) is 181 Å². The summed E-state index contributed by atoms with van der Waals surface area (Å²) in [6, 6.07) is 77.2. The second kappa shape index (κ2) is 17.3. The normalized spacial score (nSPS) is 23.0. The number of fused-ring (bicyclic) bond motifs is 16. The zero-order valence-corrected chi connectivity index (χ0v) is 49.8. The molecular formula is C82H74N2. The van der Waals surface area contributed by atoms with Crippen LogP contribution in [0.25, 0.3) is 55.3 Å². The number of rotatable bonds is 6. The van der Waals surface area contributed by atoms with Gasteiger partial charge in [-0.15, -0.1) is 0 Å². The first kappa shape index (κ1) is 49.5. The lowest BCUT2D eigenvalue weighted by atomic mass is 9.43. The summed E-state index contributed by atoms with van der Waals surface area (Å²) in [5.41, 5.74) is 33.4. The van der Waals surface area contributed by atoms with E-state index in [4.69, 9.17) is 0 Å². The van der Waals surface area contributed by atoms with E-state index in [0.717, 1.165) is 11.8 Å². The lowest BCUT2D eigenvalue weighted by molar-refractivity contribution is -0.0393. The molecule has 2 heteroatoms. The molecule has 10 aromatic carbocycles. The van der Waals surface area contributed by atoms with Crippen molar-refractivity contribution < 1.29 is 0 Å². The molecule has 5 fully saturated rings. The summed E-state index contributed by atoms with van der Waals surface area (Å²) < 4.78 is 0. The fourth-order valence-electron chi connectivity index (χ4n) is 20.1. The quantitative estimate of drug-likeness (QED) is 0.164. The Morgan fingerprint density at radius 3 is 1.37 bits per heavy atom. The third-order valence-electron chi connectivity index (χ3n) is 23.5. The van der Waals surface area contributed by atoms with Crippen molar-refractivity contribution in [3.63, 3.8) is 0 Å². The van der Waals surface area contributed by atoms with Gasteiger partial charge in [0.25, 0.3) is 0 Å². The van der Waals surface area contributed by atoms with Crippen molar-refractivity contribution in [1.29, 1.82) is 0 Å². The third-order valence-corrected chi connectivity index (χ3v) is 23.5. The SMILES string of the molecule is Cc1cccc(N(c2ccc3c(c2)-c2ccccc2C3(C)C)c2ccc3c(c2)C2(CCCCC2)c2cc4c(cc2-3)C2(c3c-4ccc4ccc(N(c5cccc(C)c5)c5ccc6c(c5)-c5ccccc5C6(C)C)cc34)C3CC4CC(C3)CC2C4)c1. The molecule has 0 heterocycles. The number of benzene rings is 10. The monoisotopic (exact) mass is 1090 g/mol. The maximum Gasteiger partial charge on any atom is 0.0468 e. The van der Waals surface area contributed by atoms with Gasteiger partial charge >= 0.3 is 0 Å². The van der Waals surface area contributed by atoms with Crippen molar-refractivity contribution in [3.8, 4) is 44.5 Å². The van der Waals surface area contributed by atoms with Gasteiger partial charge in [0, 0.05) is 55.8 Å². The van der Waals surface area contributed by atoms with Crippen LogP contribution in [0.15, 0.2) is 194 Å². The average molecular weight is 1090 g/mol. The number of hydrogen-bond donors (Lipinski definition) is 0. The highest BCUT2D eigenvalue weighted by molar-refractivity contribution is 6.02. The molecule has 0 saturated heterocycles. The summed E-state index contributed by atoms with van der Waals surface area (Å²) in [5, 5.41) is 2.84. The van der Waals surface area contributed by atoms with Crippen LogP contribution in [0.3, 0.4) is 0 Å². The molecule has 0 N–H and O–H groups in total. The van der Waals surface area contributed by atoms with Crippen LogP contribution in [-0.4, -0.2) is 0 Å². The zero-order valence-electron chi connectivity index (χ0n) is 49.8. The van der Waals surface area contributed by atoms with Gasteiger partial charge in [0.2, 0.25) is 0 Å². The minimum absolute atomic E-state index is 0.0343. The molecular weight excluding hydrogens is 1010 g/mol. The van der Waals surface area contributed by atoms with Crippen LogP contribution < -0.4 is 9.80 Å². The van der Waals surface area contributed by atoms with Gasteiger partial charge < -0.3 is 9.80 Å². The summed E-state index contributed by atoms with van der Waals surface area (Å²) in [6.07, 6.45) is 13.1. The molecule has 2 nitrogen and oxygen atoms in total. The van der Waals surface area contributed by atoms with Gasteiger partial charge in [-0.2, -0.15) is 0 Å². The van der Waals surface area contributed by atoms with Gasteiger partial charge in [0.1, 0.15) is 0 Å². The Hall–Kier alpha value is -7.94. The van der Waals surface area contributed by atoms with Crippen LogP contribution in [-0.2, 0) is 21.7 Å². The molecule has 0 atom stereocenters. The molecule has 0 radical (unpaired) electrons. The smallest absolute Gasteiger partial charge is 0.0468 e. The predicted octanol–water partition coefficient (Wildman–Crippen LogP) is 22.0. The van der Waals surface area contributed by atoms with E-state index in [1.807, 2.05) is 0 Å². The van der Waals surface area contributed by atoms with E-state index in [2.05, 4.69) is 245 Å². The molecule has 2 spiro atoms. The molecule has 5 saturated carbocycles.